The number of hydrogen-bond acceptors (Lipinski definition) is 7. The van der Waals surface area contributed by atoms with Crippen molar-refractivity contribution in [3.8, 4) is 5.75 Å². The third-order valence-corrected chi connectivity index (χ3v) is 13.6. The number of hydrogen-bond donors (Lipinski definition) is 2. The second-order valence-electron chi connectivity index (χ2n) is 15.1. The van der Waals surface area contributed by atoms with Gasteiger partial charge in [-0.05, 0) is 104 Å². The molecule has 2 aliphatic heterocycles. The molecule has 2 saturated carbocycles. The quantitative estimate of drug-likeness (QED) is 0.347. The highest BCUT2D eigenvalue weighted by Gasteiger charge is 2.44. The first-order chi connectivity index (χ1) is 24.1. The Balaban J connectivity index is 1.26. The summed E-state index contributed by atoms with van der Waals surface area (Å²) in [6, 6.07) is 10.9. The molecule has 5 aliphatic rings. The number of ether oxygens (including phenoxy) is 3. The van der Waals surface area contributed by atoms with Crippen LogP contribution in [0.5, 0.6) is 5.75 Å². The Morgan fingerprint density at radius 1 is 1.20 bits per heavy atom. The normalized spacial score (nSPS) is 34.2. The Bertz CT molecular complexity index is 1780. The van der Waals surface area contributed by atoms with Crippen molar-refractivity contribution in [2.75, 3.05) is 51.2 Å². The summed E-state index contributed by atoms with van der Waals surface area (Å²) in [5.74, 6) is 0.941. The number of aryl methyl sites for hydroxylation is 1. The molecule has 12 heteroatoms. The average Bonchev–Trinajstić information content (AvgIpc) is 3.82. The molecule has 0 radical (unpaired) electrons. The zero-order valence-corrected chi connectivity index (χ0v) is 30.8. The lowest BCUT2D eigenvalue weighted by Crippen LogP contribution is -2.49. The number of rotatable bonds is 5. The number of carbonyl (C=O) groups excluding carboxylic acids is 2. The number of amides is 3. The van der Waals surface area contributed by atoms with Gasteiger partial charge >= 0.3 is 6.03 Å². The molecular weight excluding hydrogens is 676 g/mol. The minimum atomic E-state index is -3.48. The molecule has 0 saturated heterocycles. The molecule has 2 heterocycles. The molecule has 50 heavy (non-hydrogen) atoms. The van der Waals surface area contributed by atoms with E-state index >= 15 is 0 Å². The van der Waals surface area contributed by atoms with E-state index in [1.807, 2.05) is 25.1 Å². The SMILES string of the molecule is COC[C@H]1C[C@@H]1NC(=O)NS1(=O)=NC(=O)c2ccc3c(c2)N(C[C@@H]2CC[C@H]2[C@@H](OC)/C=C/C[C@H](C)C1)C[C@@]1(CCCc2cc(Cl)ccc21)CO3. The van der Waals surface area contributed by atoms with Crippen molar-refractivity contribution in [1.29, 1.82) is 0 Å². The highest BCUT2D eigenvalue weighted by Crippen LogP contribution is 2.47. The minimum absolute atomic E-state index is 0.0263. The lowest BCUT2D eigenvalue weighted by Gasteiger charge is -2.46. The smallest absolute Gasteiger partial charge is 0.327 e. The van der Waals surface area contributed by atoms with Crippen molar-refractivity contribution >= 4 is 39.1 Å². The van der Waals surface area contributed by atoms with Crippen LogP contribution in [0, 0.1) is 23.7 Å². The Labute approximate surface area is 300 Å². The molecule has 1 spiro atoms. The third-order valence-electron chi connectivity index (χ3n) is 11.4. The molecule has 8 atom stereocenters. The lowest BCUT2D eigenvalue weighted by atomic mass is 9.68. The van der Waals surface area contributed by atoms with Crippen molar-refractivity contribution in [3.63, 3.8) is 0 Å². The summed E-state index contributed by atoms with van der Waals surface area (Å²) >= 11 is 6.45. The van der Waals surface area contributed by atoms with E-state index < -0.39 is 21.9 Å². The number of methoxy groups -OCH3 is 2. The summed E-state index contributed by atoms with van der Waals surface area (Å²) < 4.78 is 39.2. The first-order valence-corrected chi connectivity index (χ1v) is 20.0. The van der Waals surface area contributed by atoms with Crippen LogP contribution in [-0.4, -0.2) is 74.6 Å². The Morgan fingerprint density at radius 2 is 2.06 bits per heavy atom. The van der Waals surface area contributed by atoms with E-state index in [0.29, 0.717) is 42.8 Å². The Kier molecular flexibility index (Phi) is 10.2. The average molecular weight is 725 g/mol. The van der Waals surface area contributed by atoms with Crippen molar-refractivity contribution in [2.45, 2.75) is 69.4 Å². The van der Waals surface area contributed by atoms with Crippen LogP contribution in [0.4, 0.5) is 10.5 Å². The van der Waals surface area contributed by atoms with E-state index in [2.05, 4.69) is 43.6 Å². The number of allylic oxidation sites excluding steroid dienone is 1. The fourth-order valence-corrected chi connectivity index (χ4v) is 10.6. The van der Waals surface area contributed by atoms with Crippen LogP contribution in [0.25, 0.3) is 0 Å². The lowest BCUT2D eigenvalue weighted by molar-refractivity contribution is 0.0131. The van der Waals surface area contributed by atoms with Crippen LogP contribution in [0.15, 0.2) is 52.9 Å². The maximum Gasteiger partial charge on any atom is 0.327 e. The fourth-order valence-electron chi connectivity index (χ4n) is 8.53. The summed E-state index contributed by atoms with van der Waals surface area (Å²) in [5, 5.41) is 3.62. The highest BCUT2D eigenvalue weighted by atomic mass is 35.5. The minimum Gasteiger partial charge on any atom is -0.490 e. The van der Waals surface area contributed by atoms with Gasteiger partial charge in [0.25, 0.3) is 5.91 Å². The van der Waals surface area contributed by atoms with Gasteiger partial charge in [0.1, 0.15) is 15.7 Å². The van der Waals surface area contributed by atoms with Crippen molar-refractivity contribution < 1.29 is 28.0 Å². The molecule has 1 unspecified atom stereocenters. The third kappa shape index (κ3) is 7.43. The van der Waals surface area contributed by atoms with E-state index in [1.54, 1.807) is 20.3 Å². The molecule has 2 N–H and O–H groups in total. The van der Waals surface area contributed by atoms with Crippen molar-refractivity contribution in [2.24, 2.45) is 28.0 Å². The molecule has 2 aromatic rings. The first-order valence-electron chi connectivity index (χ1n) is 17.9. The monoisotopic (exact) mass is 724 g/mol. The van der Waals surface area contributed by atoms with Crippen molar-refractivity contribution in [3.05, 3.63) is 70.3 Å². The number of halogens is 1. The van der Waals surface area contributed by atoms with Gasteiger partial charge in [-0.3, -0.25) is 9.52 Å². The zero-order valence-electron chi connectivity index (χ0n) is 29.2. The summed E-state index contributed by atoms with van der Waals surface area (Å²) in [6.07, 6.45) is 10.7. The van der Waals surface area contributed by atoms with E-state index in [9.17, 15) is 13.8 Å². The van der Waals surface area contributed by atoms with E-state index in [1.165, 1.54) is 11.1 Å². The molecule has 7 rings (SSSR count). The number of fused-ring (bicyclic) bond motifs is 4. The van der Waals surface area contributed by atoms with Gasteiger partial charge in [0, 0.05) is 55.3 Å². The van der Waals surface area contributed by atoms with E-state index in [-0.39, 0.29) is 35.1 Å². The fraction of sp³-hybridized carbons (Fsp3) is 0.579. The number of urea groups is 1. The van der Waals surface area contributed by atoms with E-state index in [4.69, 9.17) is 25.8 Å². The molecule has 270 valence electrons. The second-order valence-corrected chi connectivity index (χ2v) is 17.5. The molecule has 2 aromatic carbocycles. The molecular formula is C38H49ClN4O6S. The maximum atomic E-state index is 14.4. The molecule has 3 amide bonds. The first kappa shape index (κ1) is 35.3. The molecule has 3 aliphatic carbocycles. The van der Waals surface area contributed by atoms with Gasteiger partial charge in [-0.15, -0.1) is 4.36 Å². The van der Waals surface area contributed by atoms with Gasteiger partial charge < -0.3 is 24.4 Å². The van der Waals surface area contributed by atoms with Crippen molar-refractivity contribution in [1.82, 2.24) is 10.0 Å². The summed E-state index contributed by atoms with van der Waals surface area (Å²) in [6.45, 7) is 4.52. The summed E-state index contributed by atoms with van der Waals surface area (Å²) in [7, 11) is -0.0843. The largest absolute Gasteiger partial charge is 0.490 e. The topological polar surface area (TPSA) is 119 Å². The molecule has 2 bridgehead atoms. The molecule has 10 nitrogen and oxygen atoms in total. The van der Waals surface area contributed by atoms with E-state index in [0.717, 1.165) is 62.3 Å². The van der Waals surface area contributed by atoms with Crippen LogP contribution >= 0.6 is 11.6 Å². The number of nitrogens with zero attached hydrogens (tertiary/aromatic N) is 2. The predicted molar refractivity (Wildman–Crippen MR) is 195 cm³/mol. The van der Waals surface area contributed by atoms with Gasteiger partial charge in [0.05, 0.1) is 30.8 Å². The Morgan fingerprint density at radius 3 is 2.84 bits per heavy atom. The van der Waals surface area contributed by atoms with Gasteiger partial charge in [-0.2, -0.15) is 0 Å². The van der Waals surface area contributed by atoms with Crippen LogP contribution in [0.3, 0.4) is 0 Å². The standard InChI is InChI=1S/C38H49ClN4O6S/c1-24-6-4-8-34(48-3)30-12-9-27(30)19-43-22-38(15-5-7-25-16-29(39)11-13-31(25)38)23-49-35-14-10-26(18-33(35)43)36(44)41-50(46,21-24)42-37(45)40-32-17-28(32)20-47-2/h4,8,10-11,13-14,16,18,24,27-28,30,32,34H,5-7,9,12,15,17,19-23H2,1-3H3,(H2,40,41,42,44,45,46)/b8-4+/t24-,27-,28+,30+,32-,34-,38-,50?/m0/s1. The second kappa shape index (κ2) is 14.5. The molecule has 2 fully saturated rings. The predicted octanol–water partition coefficient (Wildman–Crippen LogP) is 6.31. The number of carbonyl (C=O) groups is 2. The molecule has 0 aromatic heterocycles. The van der Waals surface area contributed by atoms with Crippen LogP contribution in [-0.2, 0) is 31.2 Å². The number of benzene rings is 2. The maximum absolute atomic E-state index is 14.4. The highest BCUT2D eigenvalue weighted by molar-refractivity contribution is 7.92. The van der Waals surface area contributed by atoms with Crippen LogP contribution in [0.1, 0.15) is 66.9 Å². The number of anilines is 1. The number of nitrogens with one attached hydrogen (secondary N) is 2. The Hall–Kier alpha value is -3.12. The van der Waals surface area contributed by atoms with Crippen LogP contribution < -0.4 is 19.7 Å². The summed E-state index contributed by atoms with van der Waals surface area (Å²) in [5.41, 5.74) is 3.43. The zero-order chi connectivity index (χ0) is 35.0. The van der Waals surface area contributed by atoms with Crippen LogP contribution in [0.2, 0.25) is 5.02 Å². The summed E-state index contributed by atoms with van der Waals surface area (Å²) in [4.78, 5) is 29.4. The van der Waals surface area contributed by atoms with Gasteiger partial charge in [-0.1, -0.05) is 36.7 Å². The van der Waals surface area contributed by atoms with Gasteiger partial charge in [-0.25, -0.2) is 9.00 Å². The van der Waals surface area contributed by atoms with Gasteiger partial charge in [0.15, 0.2) is 0 Å². The van der Waals surface area contributed by atoms with Gasteiger partial charge in [0.2, 0.25) is 0 Å².